The van der Waals surface area contributed by atoms with Gasteiger partial charge in [0.2, 0.25) is 5.79 Å². The highest BCUT2D eigenvalue weighted by atomic mass is 16.8. The van der Waals surface area contributed by atoms with Crippen molar-refractivity contribution in [3.8, 4) is 0 Å². The molecule has 0 spiro atoms. The maximum absolute atomic E-state index is 14.1. The van der Waals surface area contributed by atoms with Crippen LogP contribution in [0.25, 0.3) is 0 Å². The monoisotopic (exact) mass is 838 g/mol. The SMILES string of the molecule is CO[C@@H]1[C@H](OC)[C@H](O[C@H]2[C@@H](OC)[C@H](O[C@@H]3C[C@@H]4CC(=O)[C@]5(O)O[C@H](C[C@H]5C)C(C)(C)[C@@H](/C=C/C=C/C=C/C(C)C)OC(=O)C[C@H](O4)[C@@H]3C)OC[C@H]2OC)O[C@@H](C)[C@H]1OC. The van der Waals surface area contributed by atoms with E-state index in [1.54, 1.807) is 35.4 Å². The third kappa shape index (κ3) is 10.7. The molecule has 0 aromatic carbocycles. The summed E-state index contributed by atoms with van der Waals surface area (Å²) in [6, 6.07) is 0. The Hall–Kier alpha value is -2.12. The summed E-state index contributed by atoms with van der Waals surface area (Å²) in [5.74, 6) is -3.49. The minimum Gasteiger partial charge on any atom is -0.457 e. The summed E-state index contributed by atoms with van der Waals surface area (Å²) < 4.78 is 74.1. The average Bonchev–Trinajstić information content (AvgIpc) is 3.52. The molecular weight excluding hydrogens is 768 g/mol. The Bertz CT molecular complexity index is 1460. The number of Topliss-reactive ketones (excluding diaryl/α,β-unsaturated/α-hetero) is 1. The first-order valence-corrected chi connectivity index (χ1v) is 21.0. The Labute approximate surface area is 350 Å². The molecule has 0 amide bonds. The van der Waals surface area contributed by atoms with Crippen molar-refractivity contribution in [2.75, 3.05) is 42.2 Å². The highest BCUT2D eigenvalue weighted by molar-refractivity contribution is 5.86. The maximum Gasteiger partial charge on any atom is 0.309 e. The van der Waals surface area contributed by atoms with Crippen molar-refractivity contribution in [2.45, 2.75) is 166 Å². The molecule has 15 nitrogen and oxygen atoms in total. The molecule has 0 aromatic heterocycles. The van der Waals surface area contributed by atoms with Gasteiger partial charge in [0.15, 0.2) is 18.4 Å². The van der Waals surface area contributed by atoms with Gasteiger partial charge >= 0.3 is 5.97 Å². The fourth-order valence-corrected chi connectivity index (χ4v) is 8.98. The van der Waals surface area contributed by atoms with Crippen molar-refractivity contribution in [3.63, 3.8) is 0 Å². The second-order valence-corrected chi connectivity index (χ2v) is 17.6. The molecule has 0 radical (unpaired) electrons. The van der Waals surface area contributed by atoms with Gasteiger partial charge in [-0.1, -0.05) is 71.9 Å². The lowest BCUT2D eigenvalue weighted by Crippen LogP contribution is -2.64. The first-order chi connectivity index (χ1) is 28.0. The number of methoxy groups -OCH3 is 5. The molecule has 0 aliphatic carbocycles. The molecule has 17 atom stereocenters. The van der Waals surface area contributed by atoms with Crippen LogP contribution in [0, 0.1) is 23.2 Å². The minimum absolute atomic E-state index is 0.0965. The van der Waals surface area contributed by atoms with Gasteiger partial charge in [0, 0.05) is 65.6 Å². The molecule has 1 N–H and O–H groups in total. The van der Waals surface area contributed by atoms with Gasteiger partial charge in [-0.05, 0) is 25.3 Å². The molecule has 5 aliphatic heterocycles. The van der Waals surface area contributed by atoms with E-state index < -0.39 is 109 Å². The summed E-state index contributed by atoms with van der Waals surface area (Å²) in [5.41, 5.74) is -0.805. The first kappa shape index (κ1) is 47.9. The van der Waals surface area contributed by atoms with Gasteiger partial charge in [-0.15, -0.1) is 0 Å². The molecule has 5 fully saturated rings. The first-order valence-electron chi connectivity index (χ1n) is 21.0. The minimum atomic E-state index is -2.05. The maximum atomic E-state index is 14.1. The molecule has 5 aliphatic rings. The topological polar surface area (TPSA) is 165 Å². The number of cyclic esters (lactones) is 1. The molecule has 5 rings (SSSR count). The number of allylic oxidation sites excluding steroid dienone is 5. The molecule has 15 heteroatoms. The predicted molar refractivity (Wildman–Crippen MR) is 214 cm³/mol. The molecule has 336 valence electrons. The highest BCUT2D eigenvalue weighted by Crippen LogP contribution is 2.46. The van der Waals surface area contributed by atoms with Crippen LogP contribution in [0.15, 0.2) is 36.5 Å². The van der Waals surface area contributed by atoms with E-state index in [0.717, 1.165) is 0 Å². The molecule has 0 aromatic rings. The third-order valence-corrected chi connectivity index (χ3v) is 12.8. The summed E-state index contributed by atoms with van der Waals surface area (Å²) in [6.45, 7) is 13.8. The summed E-state index contributed by atoms with van der Waals surface area (Å²) >= 11 is 0. The smallest absolute Gasteiger partial charge is 0.309 e. The van der Waals surface area contributed by atoms with Crippen LogP contribution in [0.1, 0.15) is 74.1 Å². The molecule has 5 saturated heterocycles. The Morgan fingerprint density at radius 1 is 0.746 bits per heavy atom. The number of carbonyl (C=O) groups excluding carboxylic acids is 2. The molecule has 5 heterocycles. The van der Waals surface area contributed by atoms with Crippen LogP contribution >= 0.6 is 0 Å². The molecule has 0 saturated carbocycles. The lowest BCUT2D eigenvalue weighted by atomic mass is 9.77. The van der Waals surface area contributed by atoms with E-state index in [2.05, 4.69) is 19.9 Å². The van der Waals surface area contributed by atoms with Crippen molar-refractivity contribution >= 4 is 11.8 Å². The zero-order valence-electron chi connectivity index (χ0n) is 37.0. The number of hydrogen-bond acceptors (Lipinski definition) is 15. The van der Waals surface area contributed by atoms with Gasteiger partial charge < -0.3 is 61.9 Å². The summed E-state index contributed by atoms with van der Waals surface area (Å²) in [6.07, 6.45) is 2.68. The fraction of sp³-hybridized carbons (Fsp3) is 0.818. The molecular formula is C44H70O15. The van der Waals surface area contributed by atoms with Crippen LogP contribution in [-0.4, -0.2) is 151 Å². The Kier molecular flexibility index (Phi) is 16.9. The van der Waals surface area contributed by atoms with Crippen LogP contribution in [0.2, 0.25) is 0 Å². The summed E-state index contributed by atoms with van der Waals surface area (Å²) in [7, 11) is 7.83. The number of ketones is 1. The van der Waals surface area contributed by atoms with Crippen LogP contribution < -0.4 is 0 Å². The second kappa shape index (κ2) is 20.8. The van der Waals surface area contributed by atoms with Gasteiger partial charge in [-0.25, -0.2) is 0 Å². The van der Waals surface area contributed by atoms with E-state index in [9.17, 15) is 14.7 Å². The van der Waals surface area contributed by atoms with Gasteiger partial charge in [0.1, 0.15) is 42.7 Å². The quantitative estimate of drug-likeness (QED) is 0.204. The lowest BCUT2D eigenvalue weighted by molar-refractivity contribution is -0.359. The van der Waals surface area contributed by atoms with Crippen LogP contribution in [0.3, 0.4) is 0 Å². The van der Waals surface area contributed by atoms with Gasteiger partial charge in [-0.3, -0.25) is 9.59 Å². The number of carbonyl (C=O) groups is 2. The van der Waals surface area contributed by atoms with Crippen molar-refractivity contribution in [1.82, 2.24) is 0 Å². The Morgan fingerprint density at radius 3 is 2.05 bits per heavy atom. The number of aliphatic hydroxyl groups is 1. The van der Waals surface area contributed by atoms with Crippen molar-refractivity contribution in [3.05, 3.63) is 36.5 Å². The second-order valence-electron chi connectivity index (χ2n) is 17.6. The van der Waals surface area contributed by atoms with E-state index in [0.29, 0.717) is 12.3 Å². The van der Waals surface area contributed by atoms with Crippen molar-refractivity contribution in [1.29, 1.82) is 0 Å². The Balaban J connectivity index is 1.39. The van der Waals surface area contributed by atoms with E-state index in [4.69, 9.17) is 56.8 Å². The normalized spacial score (nSPS) is 43.6. The Morgan fingerprint density at radius 2 is 1.41 bits per heavy atom. The van der Waals surface area contributed by atoms with E-state index in [-0.39, 0.29) is 37.9 Å². The molecule has 59 heavy (non-hydrogen) atoms. The molecule has 4 bridgehead atoms. The lowest BCUT2D eigenvalue weighted by Gasteiger charge is -2.48. The standard InChI is InChI=1S/C44H70O15/c1-24(2)17-15-13-14-16-18-33-43(6,7)34-19-25(3)44(47,59-34)32(45)21-28-20-29(26(4)30(55-28)22-35(46)57-33)56-41-39(51-11)37(31(48-8)23-53-41)58-42-40(52-12)38(50-10)36(49-9)27(5)54-42/h13-18,24-31,33-34,36-42,47H,19-23H2,1-12H3/b14-13+,17-15+,18-16+/t25-,26-,27+,28-,29-,30+,31-,33-,34-,36-,37-,38+,39-,40+,41+,42+,44-/m1/s1. The number of ether oxygens (including phenoxy) is 12. The van der Waals surface area contributed by atoms with E-state index in [1.165, 1.54) is 7.11 Å². The number of esters is 1. The van der Waals surface area contributed by atoms with Crippen molar-refractivity contribution < 1.29 is 71.5 Å². The van der Waals surface area contributed by atoms with Crippen LogP contribution in [0.5, 0.6) is 0 Å². The highest BCUT2D eigenvalue weighted by Gasteiger charge is 2.57. The van der Waals surface area contributed by atoms with Crippen LogP contribution in [0.4, 0.5) is 0 Å². The summed E-state index contributed by atoms with van der Waals surface area (Å²) in [4.78, 5) is 28.0. The summed E-state index contributed by atoms with van der Waals surface area (Å²) in [5, 5.41) is 11.9. The molecule has 0 unspecified atom stereocenters. The number of fused-ring (bicyclic) bond motifs is 4. The predicted octanol–water partition coefficient (Wildman–Crippen LogP) is 4.47. The average molecular weight is 839 g/mol. The zero-order chi connectivity index (χ0) is 43.2. The van der Waals surface area contributed by atoms with E-state index in [1.807, 2.05) is 58.1 Å². The van der Waals surface area contributed by atoms with Gasteiger partial charge in [0.05, 0.1) is 43.5 Å². The van der Waals surface area contributed by atoms with E-state index >= 15 is 0 Å². The van der Waals surface area contributed by atoms with Gasteiger partial charge in [-0.2, -0.15) is 0 Å². The largest absolute Gasteiger partial charge is 0.457 e. The van der Waals surface area contributed by atoms with Crippen molar-refractivity contribution in [2.24, 2.45) is 23.2 Å². The number of hydrogen-bond donors (Lipinski definition) is 1. The number of rotatable bonds is 13. The third-order valence-electron chi connectivity index (χ3n) is 12.8. The fourth-order valence-electron chi connectivity index (χ4n) is 8.98. The van der Waals surface area contributed by atoms with Gasteiger partial charge in [0.25, 0.3) is 0 Å². The van der Waals surface area contributed by atoms with Crippen LogP contribution in [-0.2, 0) is 66.4 Å². The zero-order valence-corrected chi connectivity index (χ0v) is 37.0.